The summed E-state index contributed by atoms with van der Waals surface area (Å²) in [6.45, 7) is 0.712. The summed E-state index contributed by atoms with van der Waals surface area (Å²) in [6.07, 6.45) is 2.54. The average Bonchev–Trinajstić information content (AvgIpc) is 3.61. The topological polar surface area (TPSA) is 64.3 Å². The third kappa shape index (κ3) is 3.71. The Bertz CT molecular complexity index is 841. The number of aliphatic hydroxyl groups is 1. The quantitative estimate of drug-likeness (QED) is 0.735. The Morgan fingerprint density at radius 1 is 1.07 bits per heavy atom. The zero-order chi connectivity index (χ0) is 21.7. The first kappa shape index (κ1) is 21.2. The normalized spacial score (nSPS) is 29.0. The summed E-state index contributed by atoms with van der Waals surface area (Å²) < 4.78 is 39.2. The maximum atomic E-state index is 13.2. The van der Waals surface area contributed by atoms with Gasteiger partial charge in [-0.2, -0.15) is 18.4 Å². The van der Waals surface area contributed by atoms with Gasteiger partial charge in [0.15, 0.2) is 5.60 Å². The molecule has 1 unspecified atom stereocenters. The summed E-state index contributed by atoms with van der Waals surface area (Å²) in [5, 5.41) is 19.5. The van der Waals surface area contributed by atoms with Crippen LogP contribution in [0.5, 0.6) is 0 Å². The van der Waals surface area contributed by atoms with Gasteiger partial charge in [-0.1, -0.05) is 12.1 Å². The van der Waals surface area contributed by atoms with Crippen molar-refractivity contribution in [2.75, 3.05) is 0 Å². The predicted octanol–water partition coefficient (Wildman–Crippen LogP) is 4.92. The Balaban J connectivity index is 1.49. The fourth-order valence-corrected chi connectivity index (χ4v) is 4.88. The number of rotatable bonds is 5. The van der Waals surface area contributed by atoms with Gasteiger partial charge in [0, 0.05) is 17.6 Å². The van der Waals surface area contributed by atoms with E-state index >= 15 is 0 Å². The molecule has 3 saturated carbocycles. The summed E-state index contributed by atoms with van der Waals surface area (Å²) >= 11 is 0. The Morgan fingerprint density at radius 2 is 1.60 bits per heavy atom. The van der Waals surface area contributed by atoms with Gasteiger partial charge >= 0.3 is 6.18 Å². The minimum Gasteiger partial charge on any atom is -0.376 e. The van der Waals surface area contributed by atoms with Crippen LogP contribution in [0.1, 0.15) is 74.2 Å². The number of carbonyl (C=O) groups is 1. The van der Waals surface area contributed by atoms with Gasteiger partial charge in [0.1, 0.15) is 0 Å². The molecule has 3 aliphatic carbocycles. The monoisotopic (exact) mass is 420 g/mol. The maximum absolute atomic E-state index is 13.2. The van der Waals surface area contributed by atoms with Crippen LogP contribution in [0.2, 0.25) is 0 Å². The van der Waals surface area contributed by atoms with Crippen LogP contribution in [0.4, 0.5) is 13.2 Å². The van der Waals surface area contributed by atoms with Gasteiger partial charge in [0.25, 0.3) is 5.91 Å². The molecule has 0 aliphatic heterocycles. The Morgan fingerprint density at radius 3 is 2.03 bits per heavy atom. The number of hydrogen-bond donors (Lipinski definition) is 1. The van der Waals surface area contributed by atoms with E-state index in [-0.39, 0.29) is 29.0 Å². The van der Waals surface area contributed by atoms with E-state index in [4.69, 9.17) is 0 Å². The van der Waals surface area contributed by atoms with E-state index < -0.39 is 11.8 Å². The van der Waals surface area contributed by atoms with Gasteiger partial charge < -0.3 is 10.0 Å². The van der Waals surface area contributed by atoms with Crippen LogP contribution in [0.25, 0.3) is 0 Å². The molecule has 0 aromatic heterocycles. The zero-order valence-electron chi connectivity index (χ0n) is 17.1. The average molecular weight is 420 g/mol. The van der Waals surface area contributed by atoms with E-state index in [1.807, 2.05) is 4.90 Å². The maximum Gasteiger partial charge on any atom is 0.421 e. The molecule has 1 aromatic rings. The molecule has 0 radical (unpaired) electrons. The van der Waals surface area contributed by atoms with Crippen LogP contribution in [0.3, 0.4) is 0 Å². The molecule has 4 rings (SSSR count). The molecule has 0 bridgehead atoms. The Hall–Kier alpha value is -2.07. The molecule has 30 heavy (non-hydrogen) atoms. The highest BCUT2D eigenvalue weighted by Gasteiger charge is 2.52. The molecular formula is C23H27F3N2O2. The Labute approximate surface area is 174 Å². The Kier molecular flexibility index (Phi) is 5.13. The molecule has 162 valence electrons. The standard InChI is InChI=1S/C23H27F3N2O2/c1-21(30,23(24,25)26)16-4-2-15(3-5-16)20(29)28(18-8-9-18)19-10-12-22(14-27,13-11-19)17-6-7-17/h2-5,17-19,30H,6-13H2,1H3. The number of alkyl halides is 3. The molecule has 0 saturated heterocycles. The molecule has 1 amide bonds. The van der Waals surface area contributed by atoms with Crippen molar-refractivity contribution in [1.82, 2.24) is 4.90 Å². The fourth-order valence-electron chi connectivity index (χ4n) is 4.88. The molecule has 3 fully saturated rings. The number of nitrogens with zero attached hydrogens (tertiary/aromatic N) is 2. The van der Waals surface area contributed by atoms with E-state index in [1.165, 1.54) is 24.3 Å². The lowest BCUT2D eigenvalue weighted by Crippen LogP contribution is -2.46. The van der Waals surface area contributed by atoms with Crippen LogP contribution in [0, 0.1) is 22.7 Å². The van der Waals surface area contributed by atoms with E-state index in [0.29, 0.717) is 18.4 Å². The van der Waals surface area contributed by atoms with Crippen molar-refractivity contribution in [2.24, 2.45) is 11.3 Å². The van der Waals surface area contributed by atoms with Gasteiger partial charge in [0.2, 0.25) is 0 Å². The second-order valence-corrected chi connectivity index (χ2v) is 9.36. The van der Waals surface area contributed by atoms with Gasteiger partial charge in [-0.3, -0.25) is 4.79 Å². The van der Waals surface area contributed by atoms with Crippen molar-refractivity contribution < 1.29 is 23.1 Å². The number of carbonyl (C=O) groups excluding carboxylic acids is 1. The van der Waals surface area contributed by atoms with Crippen molar-refractivity contribution in [2.45, 2.75) is 82.2 Å². The number of benzene rings is 1. The van der Waals surface area contributed by atoms with Crippen LogP contribution in [-0.2, 0) is 5.60 Å². The molecule has 1 atom stereocenters. The van der Waals surface area contributed by atoms with Crippen LogP contribution in [0.15, 0.2) is 24.3 Å². The number of amides is 1. The molecule has 3 aliphatic rings. The van der Waals surface area contributed by atoms with Crippen molar-refractivity contribution in [3.63, 3.8) is 0 Å². The first-order valence-corrected chi connectivity index (χ1v) is 10.7. The molecule has 7 heteroatoms. The third-order valence-corrected chi connectivity index (χ3v) is 7.24. The van der Waals surface area contributed by atoms with Gasteiger partial charge in [-0.05, 0) is 81.9 Å². The van der Waals surface area contributed by atoms with Crippen molar-refractivity contribution >= 4 is 5.91 Å². The molecule has 1 N–H and O–H groups in total. The summed E-state index contributed by atoms with van der Waals surface area (Å²) in [4.78, 5) is 15.1. The molecule has 0 spiro atoms. The van der Waals surface area contributed by atoms with E-state index in [0.717, 1.165) is 51.4 Å². The summed E-state index contributed by atoms with van der Waals surface area (Å²) in [7, 11) is 0. The lowest BCUT2D eigenvalue weighted by atomic mass is 9.70. The van der Waals surface area contributed by atoms with Gasteiger partial charge in [0.05, 0.1) is 11.5 Å². The highest BCUT2D eigenvalue weighted by atomic mass is 19.4. The summed E-state index contributed by atoms with van der Waals surface area (Å²) in [6, 6.07) is 7.92. The minimum absolute atomic E-state index is 0.0724. The lowest BCUT2D eigenvalue weighted by Gasteiger charge is -2.41. The summed E-state index contributed by atoms with van der Waals surface area (Å²) in [5.74, 6) is 0.332. The molecule has 4 nitrogen and oxygen atoms in total. The van der Waals surface area contributed by atoms with Crippen molar-refractivity contribution in [3.8, 4) is 6.07 Å². The minimum atomic E-state index is -4.80. The van der Waals surface area contributed by atoms with Crippen molar-refractivity contribution in [3.05, 3.63) is 35.4 Å². The third-order valence-electron chi connectivity index (χ3n) is 7.24. The second-order valence-electron chi connectivity index (χ2n) is 9.36. The fraction of sp³-hybridized carbons (Fsp3) is 0.652. The highest BCUT2D eigenvalue weighted by molar-refractivity contribution is 5.95. The van der Waals surface area contributed by atoms with Crippen LogP contribution >= 0.6 is 0 Å². The lowest BCUT2D eigenvalue weighted by molar-refractivity contribution is -0.258. The smallest absolute Gasteiger partial charge is 0.376 e. The molecule has 1 aromatic carbocycles. The van der Waals surface area contributed by atoms with Crippen LogP contribution in [-0.4, -0.2) is 34.2 Å². The number of nitriles is 1. The van der Waals surface area contributed by atoms with E-state index in [1.54, 1.807) is 0 Å². The van der Waals surface area contributed by atoms with E-state index in [2.05, 4.69) is 6.07 Å². The first-order chi connectivity index (χ1) is 14.1. The van der Waals surface area contributed by atoms with Crippen molar-refractivity contribution in [1.29, 1.82) is 5.26 Å². The number of halogens is 3. The van der Waals surface area contributed by atoms with Crippen LogP contribution < -0.4 is 0 Å². The predicted molar refractivity (Wildman–Crippen MR) is 104 cm³/mol. The zero-order valence-corrected chi connectivity index (χ0v) is 17.1. The summed E-state index contributed by atoms with van der Waals surface area (Å²) in [5.41, 5.74) is -3.15. The highest BCUT2D eigenvalue weighted by Crippen LogP contribution is 2.54. The van der Waals surface area contributed by atoms with Gasteiger partial charge in [-0.25, -0.2) is 0 Å². The first-order valence-electron chi connectivity index (χ1n) is 10.7. The SMILES string of the molecule is CC(O)(c1ccc(C(=O)N(C2CC2)C2CCC(C#N)(C3CC3)CC2)cc1)C(F)(F)F. The largest absolute Gasteiger partial charge is 0.421 e. The van der Waals surface area contributed by atoms with E-state index in [9.17, 15) is 28.3 Å². The molecule has 0 heterocycles. The number of hydrogen-bond acceptors (Lipinski definition) is 3. The van der Waals surface area contributed by atoms with Gasteiger partial charge in [-0.15, -0.1) is 0 Å². The molecular weight excluding hydrogens is 393 g/mol. The second kappa shape index (κ2) is 7.26.